The number of aliphatic hydroxyl groups is 2. The number of hydrogen-bond donors (Lipinski definition) is 3. The molecule has 0 radical (unpaired) electrons. The van der Waals surface area contributed by atoms with Crippen molar-refractivity contribution in [3.05, 3.63) is 0 Å². The lowest BCUT2D eigenvalue weighted by Gasteiger charge is -2.62. The van der Waals surface area contributed by atoms with Crippen molar-refractivity contribution in [1.82, 2.24) is 0 Å². The van der Waals surface area contributed by atoms with Gasteiger partial charge in [-0.15, -0.1) is 0 Å². The smallest absolute Gasteiger partial charge is 0.303 e. The van der Waals surface area contributed by atoms with Gasteiger partial charge in [-0.1, -0.05) is 27.2 Å². The Morgan fingerprint density at radius 3 is 2.41 bits per heavy atom. The minimum absolute atomic E-state index is 0.0269. The molecule has 0 aromatic heterocycles. The summed E-state index contributed by atoms with van der Waals surface area (Å²) in [5.74, 6) is -2.64. The molecule has 0 amide bonds. The van der Waals surface area contributed by atoms with Crippen LogP contribution in [0.2, 0.25) is 0 Å². The lowest BCUT2D eigenvalue weighted by molar-refractivity contribution is -0.208. The normalized spacial score (nSPS) is 49.2. The number of rotatable bonds is 4. The van der Waals surface area contributed by atoms with E-state index in [1.54, 1.807) is 0 Å². The fourth-order valence-corrected chi connectivity index (χ4v) is 9.17. The number of halogens is 2. The maximum absolute atomic E-state index is 15.0. The second-order valence-electron chi connectivity index (χ2n) is 12.3. The molecule has 0 aromatic carbocycles. The number of carbonyl (C=O) groups is 1. The number of carboxylic acids is 1. The lowest BCUT2D eigenvalue weighted by Crippen LogP contribution is -2.59. The molecular weight excluding hydrogens is 414 g/mol. The Hall–Kier alpha value is -0.750. The van der Waals surface area contributed by atoms with Gasteiger partial charge in [0, 0.05) is 12.8 Å². The zero-order chi connectivity index (χ0) is 23.5. The molecule has 4 aliphatic carbocycles. The Morgan fingerprint density at radius 1 is 1.03 bits per heavy atom. The Labute approximate surface area is 191 Å². The molecule has 4 aliphatic rings. The van der Waals surface area contributed by atoms with Gasteiger partial charge in [0.15, 0.2) is 0 Å². The Kier molecular flexibility index (Phi) is 6.46. The third kappa shape index (κ3) is 3.91. The van der Waals surface area contributed by atoms with E-state index in [4.69, 9.17) is 5.11 Å². The molecule has 6 heteroatoms. The summed E-state index contributed by atoms with van der Waals surface area (Å²) in [7, 11) is 0. The van der Waals surface area contributed by atoms with E-state index in [0.717, 1.165) is 32.1 Å². The first-order valence-corrected chi connectivity index (χ1v) is 12.9. The first-order valence-electron chi connectivity index (χ1n) is 12.9. The van der Waals surface area contributed by atoms with Crippen LogP contribution < -0.4 is 0 Å². The molecule has 10 atom stereocenters. The van der Waals surface area contributed by atoms with Crippen LogP contribution in [0, 0.1) is 46.3 Å². The molecule has 0 saturated heterocycles. The maximum atomic E-state index is 15.0. The number of carboxylic acid groups (broad SMARTS) is 1. The molecule has 3 N–H and O–H groups in total. The van der Waals surface area contributed by atoms with E-state index >= 15 is 8.78 Å². The van der Waals surface area contributed by atoms with Gasteiger partial charge in [-0.3, -0.25) is 4.79 Å². The Balaban J connectivity index is 1.61. The molecule has 0 bridgehead atoms. The van der Waals surface area contributed by atoms with Gasteiger partial charge in [-0.05, 0) is 97.7 Å². The first kappa shape index (κ1) is 24.4. The molecule has 4 nitrogen and oxygen atoms in total. The average Bonchev–Trinajstić information content (AvgIpc) is 3.05. The molecule has 4 saturated carbocycles. The topological polar surface area (TPSA) is 77.8 Å². The van der Waals surface area contributed by atoms with E-state index < -0.39 is 29.5 Å². The summed E-state index contributed by atoms with van der Waals surface area (Å²) in [6, 6.07) is 0. The number of alkyl halides is 2. The van der Waals surface area contributed by atoms with Crippen LogP contribution in [0.15, 0.2) is 0 Å². The van der Waals surface area contributed by atoms with Gasteiger partial charge in [0.25, 0.3) is 5.92 Å². The van der Waals surface area contributed by atoms with Crippen LogP contribution in [0.4, 0.5) is 8.78 Å². The van der Waals surface area contributed by atoms with Crippen molar-refractivity contribution in [2.75, 3.05) is 0 Å². The van der Waals surface area contributed by atoms with Crippen LogP contribution in [0.25, 0.3) is 0 Å². The summed E-state index contributed by atoms with van der Waals surface area (Å²) in [5.41, 5.74) is -0.532. The Bertz CT molecular complexity index is 714. The molecule has 4 fully saturated rings. The monoisotopic (exact) mass is 456 g/mol. The van der Waals surface area contributed by atoms with Gasteiger partial charge in [-0.2, -0.15) is 0 Å². The zero-order valence-corrected chi connectivity index (χ0v) is 19.9. The molecule has 0 aliphatic heterocycles. The van der Waals surface area contributed by atoms with Gasteiger partial charge < -0.3 is 15.3 Å². The minimum atomic E-state index is -3.08. The van der Waals surface area contributed by atoms with E-state index in [1.807, 2.05) is 6.92 Å². The first-order chi connectivity index (χ1) is 14.9. The van der Waals surface area contributed by atoms with Crippen LogP contribution >= 0.6 is 0 Å². The van der Waals surface area contributed by atoms with Crippen LogP contribution in [0.1, 0.15) is 91.4 Å². The van der Waals surface area contributed by atoms with E-state index in [0.29, 0.717) is 37.0 Å². The predicted molar refractivity (Wildman–Crippen MR) is 118 cm³/mol. The third-order valence-corrected chi connectivity index (χ3v) is 10.8. The summed E-state index contributed by atoms with van der Waals surface area (Å²) in [6.07, 6.45) is 4.53. The van der Waals surface area contributed by atoms with E-state index in [-0.39, 0.29) is 42.4 Å². The zero-order valence-electron chi connectivity index (χ0n) is 19.9. The van der Waals surface area contributed by atoms with Crippen molar-refractivity contribution in [1.29, 1.82) is 0 Å². The summed E-state index contributed by atoms with van der Waals surface area (Å²) in [5, 5.41) is 30.6. The molecule has 4 rings (SSSR count). The fraction of sp³-hybridized carbons (Fsp3) is 0.962. The minimum Gasteiger partial charge on any atom is -0.481 e. The Morgan fingerprint density at radius 2 is 1.72 bits per heavy atom. The average molecular weight is 457 g/mol. The SMILES string of the molecule is C[C@H](CCC(=O)O)[C@H]1CCC2C3C(CCC21C)[C@@]1(C)CC(F)(F)[C@H](O)CCC[C@@H]1C[C@@H]3O. The van der Waals surface area contributed by atoms with Gasteiger partial charge in [0.2, 0.25) is 0 Å². The van der Waals surface area contributed by atoms with E-state index in [2.05, 4.69) is 13.8 Å². The van der Waals surface area contributed by atoms with Crippen LogP contribution in [0.5, 0.6) is 0 Å². The standard InChI is InChI=1S/C26H42F2O4/c1-15(7-10-22(31)32)17-8-9-18-23-19(11-12-24(17,18)2)25(3)14-26(27,28)21(30)6-4-5-16(25)13-20(23)29/h15-21,23,29-30H,4-14H2,1-3H3,(H,31,32)/t15-,16-,17-,18?,19?,20+,21-,23?,24?,25+/m1/s1. The number of hydrogen-bond acceptors (Lipinski definition) is 3. The highest BCUT2D eigenvalue weighted by Gasteiger charge is 2.64. The van der Waals surface area contributed by atoms with Gasteiger partial charge in [-0.25, -0.2) is 8.78 Å². The van der Waals surface area contributed by atoms with Crippen molar-refractivity contribution in [2.45, 2.75) is 110 Å². The van der Waals surface area contributed by atoms with Crippen molar-refractivity contribution in [3.8, 4) is 0 Å². The second-order valence-corrected chi connectivity index (χ2v) is 12.3. The maximum Gasteiger partial charge on any atom is 0.303 e. The number of fused-ring (bicyclic) bond motifs is 5. The molecule has 32 heavy (non-hydrogen) atoms. The quantitative estimate of drug-likeness (QED) is 0.522. The van der Waals surface area contributed by atoms with Crippen LogP contribution in [-0.2, 0) is 4.79 Å². The molecule has 0 spiro atoms. The summed E-state index contributed by atoms with van der Waals surface area (Å²) >= 11 is 0. The molecule has 184 valence electrons. The second kappa shape index (κ2) is 8.48. The van der Waals surface area contributed by atoms with Crippen molar-refractivity contribution >= 4 is 5.97 Å². The summed E-state index contributed by atoms with van der Waals surface area (Å²) < 4.78 is 30.0. The van der Waals surface area contributed by atoms with Gasteiger partial charge in [0.1, 0.15) is 6.10 Å². The third-order valence-electron chi connectivity index (χ3n) is 10.8. The number of aliphatic hydroxyl groups excluding tert-OH is 2. The van der Waals surface area contributed by atoms with Crippen LogP contribution in [0.3, 0.4) is 0 Å². The van der Waals surface area contributed by atoms with Crippen LogP contribution in [-0.4, -0.2) is 39.4 Å². The van der Waals surface area contributed by atoms with E-state index in [9.17, 15) is 15.0 Å². The molecule has 0 heterocycles. The predicted octanol–water partition coefficient (Wildman–Crippen LogP) is 5.50. The van der Waals surface area contributed by atoms with E-state index in [1.165, 1.54) is 0 Å². The van der Waals surface area contributed by atoms with Gasteiger partial charge in [0.05, 0.1) is 6.10 Å². The lowest BCUT2D eigenvalue weighted by atomic mass is 9.44. The summed E-state index contributed by atoms with van der Waals surface area (Å²) in [4.78, 5) is 11.1. The molecular formula is C26H42F2O4. The highest BCUT2D eigenvalue weighted by atomic mass is 19.3. The van der Waals surface area contributed by atoms with Crippen molar-refractivity contribution in [2.24, 2.45) is 46.3 Å². The van der Waals surface area contributed by atoms with Gasteiger partial charge >= 0.3 is 5.97 Å². The highest BCUT2D eigenvalue weighted by molar-refractivity contribution is 5.66. The fourth-order valence-electron chi connectivity index (χ4n) is 9.17. The largest absolute Gasteiger partial charge is 0.481 e. The van der Waals surface area contributed by atoms with Crippen molar-refractivity contribution in [3.63, 3.8) is 0 Å². The summed E-state index contributed by atoms with van der Waals surface area (Å²) in [6.45, 7) is 6.51. The van der Waals surface area contributed by atoms with Crippen molar-refractivity contribution < 1.29 is 28.9 Å². The highest BCUT2D eigenvalue weighted by Crippen LogP contribution is 2.68. The number of aliphatic carboxylic acids is 1. The molecule has 0 aromatic rings. The molecule has 4 unspecified atom stereocenters.